The maximum Gasteiger partial charge on any atom is 0.391 e. The van der Waals surface area contributed by atoms with Crippen molar-refractivity contribution in [3.05, 3.63) is 35.9 Å². The number of hydrogen-bond donors (Lipinski definition) is 1. The van der Waals surface area contributed by atoms with Crippen molar-refractivity contribution in [1.29, 1.82) is 0 Å². The molecule has 0 heterocycles. The lowest BCUT2D eigenvalue weighted by Crippen LogP contribution is -2.33. The van der Waals surface area contributed by atoms with Crippen LogP contribution in [0.2, 0.25) is 0 Å². The lowest BCUT2D eigenvalue weighted by molar-refractivity contribution is -0.186. The average Bonchev–Trinajstić information content (AvgIpc) is 2.38. The molecule has 0 aliphatic heterocycles. The Bertz CT molecular complexity index is 374. The van der Waals surface area contributed by atoms with Crippen LogP contribution in [0.1, 0.15) is 37.3 Å². The Kier molecular flexibility index (Phi) is 3.95. The summed E-state index contributed by atoms with van der Waals surface area (Å²) in [4.78, 5) is 0. The highest BCUT2D eigenvalue weighted by Gasteiger charge is 2.43. The molecule has 1 aromatic carbocycles. The van der Waals surface area contributed by atoms with E-state index in [4.69, 9.17) is 5.73 Å². The van der Waals surface area contributed by atoms with E-state index in [1.54, 1.807) is 0 Å². The number of rotatable bonds is 2. The zero-order chi connectivity index (χ0) is 13.2. The summed E-state index contributed by atoms with van der Waals surface area (Å²) in [6, 6.07) is 9.13. The quantitative estimate of drug-likeness (QED) is 0.849. The van der Waals surface area contributed by atoms with Gasteiger partial charge in [0.15, 0.2) is 0 Å². The molecule has 4 heteroatoms. The summed E-state index contributed by atoms with van der Waals surface area (Å²) < 4.78 is 38.2. The molecule has 1 fully saturated rings. The van der Waals surface area contributed by atoms with E-state index < -0.39 is 12.1 Å². The van der Waals surface area contributed by atoms with E-state index in [-0.39, 0.29) is 24.8 Å². The summed E-state index contributed by atoms with van der Waals surface area (Å²) in [5.41, 5.74) is 7.04. The van der Waals surface area contributed by atoms with Gasteiger partial charge in [-0.05, 0) is 30.7 Å². The van der Waals surface area contributed by atoms with Crippen LogP contribution < -0.4 is 5.73 Å². The predicted molar refractivity (Wildman–Crippen MR) is 64.9 cm³/mol. The Balaban J connectivity index is 2.05. The van der Waals surface area contributed by atoms with E-state index in [0.29, 0.717) is 6.42 Å². The van der Waals surface area contributed by atoms with E-state index in [2.05, 4.69) is 0 Å². The summed E-state index contributed by atoms with van der Waals surface area (Å²) in [5.74, 6) is -1.24. The molecule has 0 amide bonds. The van der Waals surface area contributed by atoms with Gasteiger partial charge in [0.05, 0.1) is 5.92 Å². The van der Waals surface area contributed by atoms with Gasteiger partial charge in [-0.2, -0.15) is 13.2 Å². The van der Waals surface area contributed by atoms with E-state index in [1.807, 2.05) is 30.3 Å². The first kappa shape index (κ1) is 13.4. The SMILES string of the molecule is NC(c1ccccc1)C1CCCC(C(F)(F)F)C1. The molecule has 0 aromatic heterocycles. The Hall–Kier alpha value is -1.03. The minimum absolute atomic E-state index is 0.0622. The fourth-order valence-electron chi connectivity index (χ4n) is 2.80. The molecule has 100 valence electrons. The number of nitrogens with two attached hydrogens (primary N) is 1. The first-order valence-electron chi connectivity index (χ1n) is 6.35. The Morgan fingerprint density at radius 1 is 1.11 bits per heavy atom. The first-order valence-corrected chi connectivity index (χ1v) is 6.35. The van der Waals surface area contributed by atoms with Crippen LogP contribution in [0, 0.1) is 11.8 Å². The topological polar surface area (TPSA) is 26.0 Å². The molecular weight excluding hydrogens is 239 g/mol. The summed E-state index contributed by atoms with van der Waals surface area (Å²) in [6.07, 6.45) is -2.24. The Labute approximate surface area is 105 Å². The van der Waals surface area contributed by atoms with Gasteiger partial charge in [0.25, 0.3) is 0 Å². The molecule has 1 aromatic rings. The number of benzene rings is 1. The maximum absolute atomic E-state index is 12.7. The highest BCUT2D eigenvalue weighted by atomic mass is 19.4. The highest BCUT2D eigenvalue weighted by molar-refractivity contribution is 5.19. The van der Waals surface area contributed by atoms with Crippen LogP contribution in [0.3, 0.4) is 0 Å². The predicted octanol–water partition coefficient (Wildman–Crippen LogP) is 4.06. The summed E-state index contributed by atoms with van der Waals surface area (Å²) in [7, 11) is 0. The van der Waals surface area contributed by atoms with Crippen LogP contribution in [0.4, 0.5) is 13.2 Å². The minimum atomic E-state index is -4.07. The van der Waals surface area contributed by atoms with E-state index in [0.717, 1.165) is 12.0 Å². The second kappa shape index (κ2) is 5.31. The smallest absolute Gasteiger partial charge is 0.324 e. The summed E-state index contributed by atoms with van der Waals surface area (Å²) in [5, 5.41) is 0. The van der Waals surface area contributed by atoms with Crippen LogP contribution in [0.25, 0.3) is 0 Å². The van der Waals surface area contributed by atoms with Gasteiger partial charge in [0.2, 0.25) is 0 Å². The average molecular weight is 257 g/mol. The molecular formula is C14H18F3N. The third-order valence-electron chi connectivity index (χ3n) is 3.87. The van der Waals surface area contributed by atoms with Crippen LogP contribution in [-0.2, 0) is 0 Å². The standard InChI is InChI=1S/C14H18F3N/c15-14(16,17)12-8-4-7-11(9-12)13(18)10-5-2-1-3-6-10/h1-3,5-6,11-13H,4,7-9,18H2. The van der Waals surface area contributed by atoms with Crippen LogP contribution in [-0.4, -0.2) is 6.18 Å². The van der Waals surface area contributed by atoms with Crippen molar-refractivity contribution in [1.82, 2.24) is 0 Å². The first-order chi connectivity index (χ1) is 8.48. The van der Waals surface area contributed by atoms with Crippen LogP contribution in [0.15, 0.2) is 30.3 Å². The van der Waals surface area contributed by atoms with Gasteiger partial charge in [0, 0.05) is 6.04 Å². The molecule has 0 spiro atoms. The molecule has 1 saturated carbocycles. The second-order valence-electron chi connectivity index (χ2n) is 5.10. The molecule has 2 rings (SSSR count). The molecule has 0 radical (unpaired) electrons. The third kappa shape index (κ3) is 3.05. The normalized spacial score (nSPS) is 26.9. The lowest BCUT2D eigenvalue weighted by Gasteiger charge is -2.34. The van der Waals surface area contributed by atoms with Crippen molar-refractivity contribution in [2.45, 2.75) is 37.9 Å². The molecule has 0 saturated heterocycles. The molecule has 3 atom stereocenters. The molecule has 3 unspecified atom stereocenters. The van der Waals surface area contributed by atoms with Crippen LogP contribution >= 0.6 is 0 Å². The zero-order valence-electron chi connectivity index (χ0n) is 10.2. The number of alkyl halides is 3. The van der Waals surface area contributed by atoms with E-state index in [9.17, 15) is 13.2 Å². The molecule has 1 nitrogen and oxygen atoms in total. The molecule has 2 N–H and O–H groups in total. The van der Waals surface area contributed by atoms with Crippen molar-refractivity contribution in [2.24, 2.45) is 17.6 Å². The maximum atomic E-state index is 12.7. The van der Waals surface area contributed by atoms with E-state index in [1.165, 1.54) is 0 Å². The lowest BCUT2D eigenvalue weighted by atomic mass is 9.76. The van der Waals surface area contributed by atoms with Crippen molar-refractivity contribution < 1.29 is 13.2 Å². The van der Waals surface area contributed by atoms with Gasteiger partial charge in [-0.15, -0.1) is 0 Å². The van der Waals surface area contributed by atoms with Gasteiger partial charge in [-0.25, -0.2) is 0 Å². The Morgan fingerprint density at radius 3 is 2.39 bits per heavy atom. The Morgan fingerprint density at radius 2 is 1.78 bits per heavy atom. The largest absolute Gasteiger partial charge is 0.391 e. The molecule has 0 bridgehead atoms. The van der Waals surface area contributed by atoms with Crippen molar-refractivity contribution in [2.75, 3.05) is 0 Å². The summed E-state index contributed by atoms with van der Waals surface area (Å²) >= 11 is 0. The van der Waals surface area contributed by atoms with Gasteiger partial charge in [0.1, 0.15) is 0 Å². The zero-order valence-corrected chi connectivity index (χ0v) is 10.2. The van der Waals surface area contributed by atoms with Crippen LogP contribution in [0.5, 0.6) is 0 Å². The number of halogens is 3. The van der Waals surface area contributed by atoms with Gasteiger partial charge in [-0.1, -0.05) is 36.8 Å². The molecule has 1 aliphatic rings. The fourth-order valence-corrected chi connectivity index (χ4v) is 2.80. The molecule has 18 heavy (non-hydrogen) atoms. The van der Waals surface area contributed by atoms with Crippen molar-refractivity contribution in [3.63, 3.8) is 0 Å². The van der Waals surface area contributed by atoms with Gasteiger partial charge >= 0.3 is 6.18 Å². The monoisotopic (exact) mass is 257 g/mol. The number of hydrogen-bond acceptors (Lipinski definition) is 1. The van der Waals surface area contributed by atoms with Gasteiger partial charge < -0.3 is 5.73 Å². The summed E-state index contributed by atoms with van der Waals surface area (Å²) in [6.45, 7) is 0. The van der Waals surface area contributed by atoms with Crippen molar-refractivity contribution >= 4 is 0 Å². The van der Waals surface area contributed by atoms with Gasteiger partial charge in [-0.3, -0.25) is 0 Å². The fraction of sp³-hybridized carbons (Fsp3) is 0.571. The van der Waals surface area contributed by atoms with Crippen molar-refractivity contribution in [3.8, 4) is 0 Å². The molecule has 1 aliphatic carbocycles. The van der Waals surface area contributed by atoms with E-state index >= 15 is 0 Å². The third-order valence-corrected chi connectivity index (χ3v) is 3.87. The minimum Gasteiger partial charge on any atom is -0.324 e. The second-order valence-corrected chi connectivity index (χ2v) is 5.10. The highest BCUT2D eigenvalue weighted by Crippen LogP contribution is 2.43.